The maximum Gasteiger partial charge on any atom is 0.0929 e. The van der Waals surface area contributed by atoms with Gasteiger partial charge in [-0.15, -0.1) is 0 Å². The first kappa shape index (κ1) is 14.9. The summed E-state index contributed by atoms with van der Waals surface area (Å²) in [5, 5.41) is 5.16. The van der Waals surface area contributed by atoms with Crippen molar-refractivity contribution in [2.75, 3.05) is 19.0 Å². The third-order valence-electron chi connectivity index (χ3n) is 2.65. The molecule has 1 N–H and O–H groups in total. The minimum absolute atomic E-state index is 0.429. The summed E-state index contributed by atoms with van der Waals surface area (Å²) in [5.41, 5.74) is 2.46. The van der Waals surface area contributed by atoms with Crippen LogP contribution in [0.5, 0.6) is 0 Å². The van der Waals surface area contributed by atoms with Gasteiger partial charge in [-0.3, -0.25) is 0 Å². The van der Waals surface area contributed by atoms with Crippen molar-refractivity contribution in [1.29, 1.82) is 0 Å². The average molecular weight is 364 g/mol. The van der Waals surface area contributed by atoms with E-state index in [1.165, 1.54) is 0 Å². The first-order chi connectivity index (χ1) is 9.08. The number of rotatable bonds is 4. The normalized spacial score (nSPS) is 11.0. The highest BCUT2D eigenvalue weighted by atomic mass is 79.9. The number of aromatic nitrogens is 1. The first-order valence-corrected chi connectivity index (χ1v) is 7.33. The Hall–Kier alpha value is -0.550. The second-order valence-electron chi connectivity index (χ2n) is 4.01. The molecule has 19 heavy (non-hydrogen) atoms. The fourth-order valence-corrected chi connectivity index (χ4v) is 2.81. The van der Waals surface area contributed by atoms with Crippen molar-refractivity contribution >= 4 is 55.7 Å². The second kappa shape index (κ2) is 6.27. The highest BCUT2D eigenvalue weighted by Gasteiger charge is 2.14. The van der Waals surface area contributed by atoms with Crippen LogP contribution < -0.4 is 5.32 Å². The number of benzene rings is 1. The number of fused-ring (bicyclic) bond motifs is 1. The lowest BCUT2D eigenvalue weighted by Crippen LogP contribution is -2.02. The van der Waals surface area contributed by atoms with E-state index >= 15 is 0 Å². The van der Waals surface area contributed by atoms with Crippen LogP contribution in [0.4, 0.5) is 5.69 Å². The predicted octanol–water partition coefficient (Wildman–Crippen LogP) is 4.88. The number of nitrogens with one attached hydrogen (secondary N) is 1. The van der Waals surface area contributed by atoms with Crippen LogP contribution in [0, 0.1) is 0 Å². The number of pyridine rings is 1. The second-order valence-corrected chi connectivity index (χ2v) is 5.62. The van der Waals surface area contributed by atoms with Crippen LogP contribution in [0.3, 0.4) is 0 Å². The molecule has 3 nitrogen and oxygen atoms in total. The zero-order chi connectivity index (χ0) is 14.0. The summed E-state index contributed by atoms with van der Waals surface area (Å²) in [4.78, 5) is 4.51. The van der Waals surface area contributed by atoms with Gasteiger partial charge in [-0.25, -0.2) is 4.98 Å². The van der Waals surface area contributed by atoms with Gasteiger partial charge in [-0.1, -0.05) is 23.2 Å². The lowest BCUT2D eigenvalue weighted by molar-refractivity contribution is 0.182. The molecule has 0 bridgehead atoms. The fourth-order valence-electron chi connectivity index (χ4n) is 1.88. The zero-order valence-electron chi connectivity index (χ0n) is 10.6. The van der Waals surface area contributed by atoms with Crippen LogP contribution in [-0.4, -0.2) is 18.6 Å². The molecule has 1 heterocycles. The van der Waals surface area contributed by atoms with Crippen molar-refractivity contribution in [3.63, 3.8) is 0 Å². The summed E-state index contributed by atoms with van der Waals surface area (Å²) >= 11 is 15.8. The molecule has 0 amide bonds. The Morgan fingerprint density at radius 1 is 1.32 bits per heavy atom. The molecule has 0 spiro atoms. The molecule has 6 heteroatoms. The van der Waals surface area contributed by atoms with Crippen LogP contribution in [0.1, 0.15) is 12.6 Å². The van der Waals surface area contributed by atoms with Gasteiger partial charge in [0, 0.05) is 29.2 Å². The quantitative estimate of drug-likeness (QED) is 0.786. The minimum atomic E-state index is 0.429. The topological polar surface area (TPSA) is 34.1 Å². The van der Waals surface area contributed by atoms with Gasteiger partial charge in [0.15, 0.2) is 0 Å². The van der Waals surface area contributed by atoms with E-state index in [0.717, 1.165) is 27.8 Å². The maximum absolute atomic E-state index is 6.28. The number of hydrogen-bond acceptors (Lipinski definition) is 3. The number of anilines is 1. The number of nitrogens with zero attached hydrogens (tertiary/aromatic N) is 1. The van der Waals surface area contributed by atoms with Crippen molar-refractivity contribution in [2.24, 2.45) is 0 Å². The van der Waals surface area contributed by atoms with Gasteiger partial charge in [0.25, 0.3) is 0 Å². The molecule has 102 valence electrons. The van der Waals surface area contributed by atoms with Gasteiger partial charge in [0.1, 0.15) is 0 Å². The van der Waals surface area contributed by atoms with Gasteiger partial charge >= 0.3 is 0 Å². The Bertz CT molecular complexity index is 619. The highest BCUT2D eigenvalue weighted by Crippen LogP contribution is 2.38. The summed E-state index contributed by atoms with van der Waals surface area (Å²) < 4.78 is 5.88. The molecular formula is C13H13BrCl2N2O. The predicted molar refractivity (Wildman–Crippen MR) is 84.3 cm³/mol. The number of halogens is 3. The van der Waals surface area contributed by atoms with Gasteiger partial charge in [-0.2, -0.15) is 0 Å². The molecule has 1 aromatic heterocycles. The van der Waals surface area contributed by atoms with Crippen molar-refractivity contribution in [2.45, 2.75) is 13.5 Å². The summed E-state index contributed by atoms with van der Waals surface area (Å²) in [6, 6.07) is 3.89. The Morgan fingerprint density at radius 3 is 2.68 bits per heavy atom. The number of hydrogen-bond donors (Lipinski definition) is 1. The van der Waals surface area contributed by atoms with E-state index in [0.29, 0.717) is 22.2 Å². The lowest BCUT2D eigenvalue weighted by atomic mass is 10.1. The first-order valence-electron chi connectivity index (χ1n) is 5.78. The van der Waals surface area contributed by atoms with Crippen LogP contribution >= 0.6 is 39.1 Å². The molecule has 0 radical (unpaired) electrons. The maximum atomic E-state index is 6.28. The van der Waals surface area contributed by atoms with Gasteiger partial charge < -0.3 is 10.1 Å². The molecule has 0 aliphatic carbocycles. The summed E-state index contributed by atoms with van der Waals surface area (Å²) in [6.45, 7) is 3.27. The standard InChI is InChI=1S/C13H13BrCl2N2O/c1-3-17-10-4-7(6-19-2)18-13-8(10)5-9(14)11(15)12(13)16/h4-5H,3,6H2,1-2H3,(H,17,18). The Morgan fingerprint density at radius 2 is 2.05 bits per heavy atom. The smallest absolute Gasteiger partial charge is 0.0929 e. The van der Waals surface area contributed by atoms with Crippen LogP contribution in [0.25, 0.3) is 10.9 Å². The molecule has 0 unspecified atom stereocenters. The summed E-state index contributed by atoms with van der Waals surface area (Å²) in [7, 11) is 1.63. The van der Waals surface area contributed by atoms with Gasteiger partial charge in [-0.05, 0) is 35.0 Å². The molecule has 0 fully saturated rings. The highest BCUT2D eigenvalue weighted by molar-refractivity contribution is 9.10. The molecule has 0 aliphatic rings. The third-order valence-corrected chi connectivity index (χ3v) is 4.36. The van der Waals surface area contributed by atoms with E-state index in [1.54, 1.807) is 7.11 Å². The molecule has 0 aliphatic heterocycles. The molecule has 2 rings (SSSR count). The summed E-state index contributed by atoms with van der Waals surface area (Å²) in [5.74, 6) is 0. The summed E-state index contributed by atoms with van der Waals surface area (Å²) in [6.07, 6.45) is 0. The molecule has 0 saturated carbocycles. The van der Waals surface area contributed by atoms with Gasteiger partial charge in [0.05, 0.1) is 27.9 Å². The average Bonchev–Trinajstić information content (AvgIpc) is 2.38. The van der Waals surface area contributed by atoms with E-state index < -0.39 is 0 Å². The molecular weight excluding hydrogens is 351 g/mol. The Labute approximate surface area is 130 Å². The molecule has 1 aromatic carbocycles. The van der Waals surface area contributed by atoms with E-state index in [2.05, 4.69) is 26.2 Å². The van der Waals surface area contributed by atoms with Crippen LogP contribution in [0.15, 0.2) is 16.6 Å². The largest absolute Gasteiger partial charge is 0.385 e. The monoisotopic (exact) mass is 362 g/mol. The minimum Gasteiger partial charge on any atom is -0.385 e. The zero-order valence-corrected chi connectivity index (χ0v) is 13.7. The third kappa shape index (κ3) is 2.97. The van der Waals surface area contributed by atoms with Crippen molar-refractivity contribution in [1.82, 2.24) is 4.98 Å². The van der Waals surface area contributed by atoms with Crippen molar-refractivity contribution in [3.05, 3.63) is 32.3 Å². The lowest BCUT2D eigenvalue weighted by Gasteiger charge is -2.13. The number of ether oxygens (including phenoxy) is 1. The fraction of sp³-hybridized carbons (Fsp3) is 0.308. The number of methoxy groups -OCH3 is 1. The Kier molecular flexibility index (Phi) is 4.90. The molecule has 0 atom stereocenters. The van der Waals surface area contributed by atoms with E-state index in [1.807, 2.05) is 19.1 Å². The van der Waals surface area contributed by atoms with Gasteiger partial charge in [0.2, 0.25) is 0 Å². The molecule has 0 saturated heterocycles. The van der Waals surface area contributed by atoms with E-state index in [4.69, 9.17) is 27.9 Å². The van der Waals surface area contributed by atoms with Crippen molar-refractivity contribution < 1.29 is 4.74 Å². The van der Waals surface area contributed by atoms with E-state index in [-0.39, 0.29) is 0 Å². The SMILES string of the molecule is CCNc1cc(COC)nc2c(Cl)c(Cl)c(Br)cc12. The Balaban J connectivity index is 2.75. The van der Waals surface area contributed by atoms with Crippen LogP contribution in [-0.2, 0) is 11.3 Å². The van der Waals surface area contributed by atoms with Crippen LogP contribution in [0.2, 0.25) is 10.0 Å². The van der Waals surface area contributed by atoms with Crippen molar-refractivity contribution in [3.8, 4) is 0 Å². The molecule has 2 aromatic rings. The van der Waals surface area contributed by atoms with E-state index in [9.17, 15) is 0 Å².